The fourth-order valence-electron chi connectivity index (χ4n) is 2.58. The molecule has 0 saturated carbocycles. The number of hydrogen-bond acceptors (Lipinski definition) is 3. The third-order valence-corrected chi connectivity index (χ3v) is 5.28. The number of sulfonamides is 1. The number of H-pyrrole nitrogens is 1. The van der Waals surface area contributed by atoms with Crippen LogP contribution in [0.5, 0.6) is 0 Å². The zero-order valence-corrected chi connectivity index (χ0v) is 14.3. The lowest BCUT2D eigenvalue weighted by molar-refractivity contribution is -0.119. The summed E-state index contributed by atoms with van der Waals surface area (Å²) in [5.74, 6) is -0.362. The second kappa shape index (κ2) is 7.50. The molecule has 0 atom stereocenters. The topological polar surface area (TPSA) is 91.1 Å². The highest BCUT2D eigenvalue weighted by Gasteiger charge is 2.14. The van der Waals surface area contributed by atoms with Gasteiger partial charge in [-0.25, -0.2) is 13.1 Å². The number of nitrogens with one attached hydrogen (secondary N) is 3. The highest BCUT2D eigenvalue weighted by atomic mass is 32.2. The van der Waals surface area contributed by atoms with E-state index in [4.69, 9.17) is 0 Å². The number of carbonyl (C=O) groups is 1. The molecule has 0 unspecified atom stereocenters. The van der Waals surface area contributed by atoms with Crippen LogP contribution in [0.15, 0.2) is 65.7 Å². The van der Waals surface area contributed by atoms with E-state index in [1.54, 1.807) is 18.2 Å². The molecular weight excluding hydrogens is 338 g/mol. The van der Waals surface area contributed by atoms with Gasteiger partial charge in [0.05, 0.1) is 11.4 Å². The van der Waals surface area contributed by atoms with Gasteiger partial charge in [-0.15, -0.1) is 0 Å². The first kappa shape index (κ1) is 17.2. The molecule has 1 amide bonds. The van der Waals surface area contributed by atoms with Crippen LogP contribution in [0.1, 0.15) is 5.56 Å². The molecule has 1 heterocycles. The molecule has 0 aliphatic heterocycles. The maximum Gasteiger partial charge on any atom is 0.241 e. The van der Waals surface area contributed by atoms with Crippen LogP contribution in [-0.4, -0.2) is 32.4 Å². The largest absolute Gasteiger partial charge is 0.361 e. The van der Waals surface area contributed by atoms with Gasteiger partial charge in [-0.1, -0.05) is 36.4 Å². The SMILES string of the molecule is O=C(CNS(=O)(=O)c1ccccc1)NCCc1c[nH]c2ccccc12. The number of aromatic amines is 1. The van der Waals surface area contributed by atoms with Crippen molar-refractivity contribution in [2.75, 3.05) is 13.1 Å². The van der Waals surface area contributed by atoms with Gasteiger partial charge in [-0.3, -0.25) is 4.79 Å². The monoisotopic (exact) mass is 357 g/mol. The molecule has 0 fully saturated rings. The van der Waals surface area contributed by atoms with E-state index in [1.807, 2.05) is 30.5 Å². The van der Waals surface area contributed by atoms with Gasteiger partial charge in [0, 0.05) is 23.6 Å². The first-order valence-corrected chi connectivity index (χ1v) is 9.41. The fraction of sp³-hybridized carbons (Fsp3) is 0.167. The van der Waals surface area contributed by atoms with Crippen molar-refractivity contribution in [1.82, 2.24) is 15.0 Å². The first-order valence-electron chi connectivity index (χ1n) is 7.93. The summed E-state index contributed by atoms with van der Waals surface area (Å²) in [5, 5.41) is 3.86. The summed E-state index contributed by atoms with van der Waals surface area (Å²) in [5.41, 5.74) is 2.17. The summed E-state index contributed by atoms with van der Waals surface area (Å²) >= 11 is 0. The zero-order chi connectivity index (χ0) is 17.7. The summed E-state index contributed by atoms with van der Waals surface area (Å²) < 4.78 is 26.4. The summed E-state index contributed by atoms with van der Waals surface area (Å²) in [7, 11) is -3.67. The summed E-state index contributed by atoms with van der Waals surface area (Å²) in [6, 6.07) is 15.9. The van der Waals surface area contributed by atoms with E-state index in [0.29, 0.717) is 13.0 Å². The van der Waals surface area contributed by atoms with Crippen LogP contribution >= 0.6 is 0 Å². The van der Waals surface area contributed by atoms with Gasteiger partial charge in [-0.2, -0.15) is 0 Å². The number of fused-ring (bicyclic) bond motifs is 1. The standard InChI is InChI=1S/C18H19N3O3S/c22-18(13-21-25(23,24)15-6-2-1-3-7-15)19-11-10-14-12-20-17-9-5-4-8-16(14)17/h1-9,12,20-21H,10-11,13H2,(H,19,22). The molecule has 3 rings (SSSR count). The number of hydrogen-bond donors (Lipinski definition) is 3. The molecule has 0 saturated heterocycles. The highest BCUT2D eigenvalue weighted by molar-refractivity contribution is 7.89. The van der Waals surface area contributed by atoms with Gasteiger partial charge in [0.15, 0.2) is 0 Å². The number of aromatic nitrogens is 1. The van der Waals surface area contributed by atoms with Crippen molar-refractivity contribution in [1.29, 1.82) is 0 Å². The van der Waals surface area contributed by atoms with Crippen LogP contribution in [0, 0.1) is 0 Å². The maximum absolute atomic E-state index is 12.0. The summed E-state index contributed by atoms with van der Waals surface area (Å²) in [6.45, 7) is 0.152. The van der Waals surface area contributed by atoms with Gasteiger partial charge in [0.2, 0.25) is 15.9 Å². The van der Waals surface area contributed by atoms with E-state index >= 15 is 0 Å². The van der Waals surface area contributed by atoms with Crippen molar-refractivity contribution in [3.8, 4) is 0 Å². The van der Waals surface area contributed by atoms with Crippen LogP contribution < -0.4 is 10.0 Å². The Balaban J connectivity index is 1.49. The summed E-state index contributed by atoms with van der Waals surface area (Å²) in [6.07, 6.45) is 2.59. The van der Waals surface area contributed by atoms with E-state index in [-0.39, 0.29) is 17.3 Å². The average Bonchev–Trinajstić information content (AvgIpc) is 3.04. The Morgan fingerprint density at radius 2 is 1.72 bits per heavy atom. The molecule has 0 aliphatic carbocycles. The Labute approximate surface area is 146 Å². The van der Waals surface area contributed by atoms with Crippen molar-refractivity contribution in [2.24, 2.45) is 0 Å². The number of carbonyl (C=O) groups excluding carboxylic acids is 1. The Kier molecular flexibility index (Phi) is 5.16. The number of amides is 1. The minimum atomic E-state index is -3.67. The van der Waals surface area contributed by atoms with Crippen molar-refractivity contribution < 1.29 is 13.2 Å². The Morgan fingerprint density at radius 3 is 2.52 bits per heavy atom. The van der Waals surface area contributed by atoms with Crippen LogP contribution in [0.3, 0.4) is 0 Å². The molecule has 6 nitrogen and oxygen atoms in total. The lowest BCUT2D eigenvalue weighted by Gasteiger charge is -2.07. The lowest BCUT2D eigenvalue weighted by atomic mass is 10.1. The van der Waals surface area contributed by atoms with E-state index in [9.17, 15) is 13.2 Å². The van der Waals surface area contributed by atoms with Crippen molar-refractivity contribution in [2.45, 2.75) is 11.3 Å². The molecular formula is C18H19N3O3S. The molecule has 3 N–H and O–H groups in total. The molecule has 130 valence electrons. The second-order valence-corrected chi connectivity index (χ2v) is 7.36. The second-order valence-electron chi connectivity index (χ2n) is 5.60. The maximum atomic E-state index is 12.0. The van der Waals surface area contributed by atoms with Gasteiger partial charge >= 0.3 is 0 Å². The molecule has 1 aromatic heterocycles. The molecule has 0 radical (unpaired) electrons. The van der Waals surface area contributed by atoms with Gasteiger partial charge < -0.3 is 10.3 Å². The van der Waals surface area contributed by atoms with Crippen molar-refractivity contribution in [3.63, 3.8) is 0 Å². The molecule has 2 aromatic carbocycles. The minimum absolute atomic E-state index is 0.140. The molecule has 0 spiro atoms. The average molecular weight is 357 g/mol. The molecule has 25 heavy (non-hydrogen) atoms. The van der Waals surface area contributed by atoms with Gasteiger partial charge in [0.25, 0.3) is 0 Å². The number of para-hydroxylation sites is 1. The normalized spacial score (nSPS) is 11.5. The first-order chi connectivity index (χ1) is 12.1. The third kappa shape index (κ3) is 4.26. The van der Waals surface area contributed by atoms with Crippen LogP contribution in [-0.2, 0) is 21.2 Å². The smallest absolute Gasteiger partial charge is 0.241 e. The van der Waals surface area contributed by atoms with Gasteiger partial charge in [0.1, 0.15) is 0 Å². The predicted octanol–water partition coefficient (Wildman–Crippen LogP) is 1.81. The van der Waals surface area contributed by atoms with Crippen molar-refractivity contribution in [3.05, 3.63) is 66.4 Å². The van der Waals surface area contributed by atoms with Crippen LogP contribution in [0.25, 0.3) is 10.9 Å². The zero-order valence-electron chi connectivity index (χ0n) is 13.5. The Bertz CT molecular complexity index is 965. The Morgan fingerprint density at radius 1 is 1.00 bits per heavy atom. The fourth-order valence-corrected chi connectivity index (χ4v) is 3.58. The minimum Gasteiger partial charge on any atom is -0.361 e. The van der Waals surface area contributed by atoms with Crippen LogP contribution in [0.4, 0.5) is 0 Å². The molecule has 0 aliphatic rings. The lowest BCUT2D eigenvalue weighted by Crippen LogP contribution is -2.37. The van der Waals surface area contributed by atoms with E-state index in [2.05, 4.69) is 15.0 Å². The van der Waals surface area contributed by atoms with Crippen LogP contribution in [0.2, 0.25) is 0 Å². The van der Waals surface area contributed by atoms with E-state index < -0.39 is 10.0 Å². The molecule has 7 heteroatoms. The van der Waals surface area contributed by atoms with E-state index in [1.165, 1.54) is 12.1 Å². The van der Waals surface area contributed by atoms with Crippen molar-refractivity contribution >= 4 is 26.8 Å². The van der Waals surface area contributed by atoms with E-state index in [0.717, 1.165) is 16.5 Å². The Hall–Kier alpha value is -2.64. The quantitative estimate of drug-likeness (QED) is 0.602. The summed E-state index contributed by atoms with van der Waals surface area (Å²) in [4.78, 5) is 15.2. The molecule has 3 aromatic rings. The van der Waals surface area contributed by atoms with Gasteiger partial charge in [-0.05, 0) is 30.2 Å². The highest BCUT2D eigenvalue weighted by Crippen LogP contribution is 2.17. The third-order valence-electron chi connectivity index (χ3n) is 3.87. The predicted molar refractivity (Wildman–Crippen MR) is 96.6 cm³/mol. The number of rotatable bonds is 7. The molecule has 0 bridgehead atoms. The number of benzene rings is 2.